The molecule has 0 aliphatic carbocycles. The van der Waals surface area contributed by atoms with Gasteiger partial charge in [-0.3, -0.25) is 9.59 Å². The number of carbonyl (C=O) groups excluding carboxylic acids is 2. The lowest BCUT2D eigenvalue weighted by atomic mass is 10.0. The number of esters is 1. The van der Waals surface area contributed by atoms with E-state index in [1.165, 1.54) is 334 Å². The number of hydrogen-bond acceptors (Lipinski definition) is 5. The predicted molar refractivity (Wildman–Crippen MR) is 356 cm³/mol. The number of rotatable bonds is 70. The topological polar surface area (TPSA) is 95.9 Å². The van der Waals surface area contributed by atoms with Crippen LogP contribution in [-0.4, -0.2) is 47.4 Å². The third kappa shape index (κ3) is 67.3. The Kier molecular flexibility index (Phi) is 69.4. The minimum Gasteiger partial charge on any atom is -0.466 e. The van der Waals surface area contributed by atoms with Crippen molar-refractivity contribution in [2.45, 2.75) is 431 Å². The lowest BCUT2D eigenvalue weighted by Crippen LogP contribution is -2.45. The molecule has 0 fully saturated rings. The number of ether oxygens (including phenoxy) is 1. The summed E-state index contributed by atoms with van der Waals surface area (Å²) in [5, 5.41) is 23.4. The van der Waals surface area contributed by atoms with Crippen molar-refractivity contribution in [1.29, 1.82) is 0 Å². The van der Waals surface area contributed by atoms with Crippen LogP contribution in [0.5, 0.6) is 0 Å². The van der Waals surface area contributed by atoms with Gasteiger partial charge in [0.15, 0.2) is 0 Å². The molecule has 0 saturated carbocycles. The van der Waals surface area contributed by atoms with Crippen LogP contribution >= 0.6 is 0 Å². The maximum Gasteiger partial charge on any atom is 0.305 e. The Morgan fingerprint density at radius 3 is 0.988 bits per heavy atom. The van der Waals surface area contributed by atoms with Crippen LogP contribution in [0.4, 0.5) is 0 Å². The van der Waals surface area contributed by atoms with Crippen molar-refractivity contribution in [3.63, 3.8) is 0 Å². The number of carbonyl (C=O) groups is 2. The number of amides is 1. The number of aliphatic hydroxyl groups excluding tert-OH is 2. The minimum atomic E-state index is -0.660. The molecule has 0 aromatic heterocycles. The molecule has 2 atom stereocenters. The Labute approximate surface area is 507 Å². The maximum atomic E-state index is 12.5. The molecular formula is C75H145NO5. The van der Waals surface area contributed by atoms with Crippen molar-refractivity contribution >= 4 is 11.9 Å². The second kappa shape index (κ2) is 70.8. The van der Waals surface area contributed by atoms with Crippen molar-refractivity contribution in [1.82, 2.24) is 5.32 Å². The van der Waals surface area contributed by atoms with Crippen LogP contribution in [0, 0.1) is 0 Å². The van der Waals surface area contributed by atoms with Gasteiger partial charge in [-0.2, -0.15) is 0 Å². The lowest BCUT2D eigenvalue weighted by Gasteiger charge is -2.22. The normalized spacial score (nSPS) is 12.6. The fraction of sp³-hybridized carbons (Fsp3) is 0.920. The Morgan fingerprint density at radius 1 is 0.346 bits per heavy atom. The van der Waals surface area contributed by atoms with E-state index in [4.69, 9.17) is 4.74 Å². The van der Waals surface area contributed by atoms with E-state index >= 15 is 0 Å². The molecule has 6 nitrogen and oxygen atoms in total. The summed E-state index contributed by atoms with van der Waals surface area (Å²) in [7, 11) is 0. The Morgan fingerprint density at radius 2 is 0.642 bits per heavy atom. The van der Waals surface area contributed by atoms with E-state index in [0.717, 1.165) is 51.4 Å². The quantitative estimate of drug-likeness (QED) is 0.0320. The number of hydrogen-bond donors (Lipinski definition) is 3. The molecule has 81 heavy (non-hydrogen) atoms. The summed E-state index contributed by atoms with van der Waals surface area (Å²) in [6.45, 7) is 4.92. The highest BCUT2D eigenvalue weighted by Gasteiger charge is 2.20. The molecule has 0 aromatic carbocycles. The van der Waals surface area contributed by atoms with E-state index in [1.54, 1.807) is 0 Å². The van der Waals surface area contributed by atoms with E-state index in [9.17, 15) is 19.8 Å². The number of unbranched alkanes of at least 4 members (excludes halogenated alkanes) is 55. The first-order valence-corrected chi connectivity index (χ1v) is 37.1. The fourth-order valence-corrected chi connectivity index (χ4v) is 11.9. The third-order valence-corrected chi connectivity index (χ3v) is 17.5. The summed E-state index contributed by atoms with van der Waals surface area (Å²) in [6.07, 6.45) is 89.7. The van der Waals surface area contributed by atoms with E-state index in [2.05, 4.69) is 43.5 Å². The number of nitrogens with one attached hydrogen (secondary N) is 1. The van der Waals surface area contributed by atoms with Crippen LogP contribution in [-0.2, 0) is 14.3 Å². The Hall–Kier alpha value is -1.66. The van der Waals surface area contributed by atoms with Crippen molar-refractivity contribution in [3.05, 3.63) is 24.3 Å². The molecule has 0 saturated heterocycles. The van der Waals surface area contributed by atoms with Crippen LogP contribution in [0.1, 0.15) is 418 Å². The monoisotopic (exact) mass is 1140 g/mol. The van der Waals surface area contributed by atoms with Gasteiger partial charge in [-0.25, -0.2) is 0 Å². The smallest absolute Gasteiger partial charge is 0.305 e. The van der Waals surface area contributed by atoms with E-state index < -0.39 is 12.1 Å². The molecule has 0 heterocycles. The zero-order chi connectivity index (χ0) is 58.5. The van der Waals surface area contributed by atoms with Gasteiger partial charge in [-0.1, -0.05) is 378 Å². The average molecular weight is 1140 g/mol. The maximum absolute atomic E-state index is 12.5. The second-order valence-corrected chi connectivity index (χ2v) is 25.6. The predicted octanol–water partition coefficient (Wildman–Crippen LogP) is 24.1. The van der Waals surface area contributed by atoms with Gasteiger partial charge in [0.2, 0.25) is 5.91 Å². The minimum absolute atomic E-state index is 0.00774. The second-order valence-electron chi connectivity index (χ2n) is 25.6. The zero-order valence-corrected chi connectivity index (χ0v) is 55.0. The van der Waals surface area contributed by atoms with Crippen molar-refractivity contribution in [2.75, 3.05) is 13.2 Å². The van der Waals surface area contributed by atoms with E-state index in [-0.39, 0.29) is 18.5 Å². The molecule has 480 valence electrons. The standard InChI is InChI=1S/C75H145NO5/c1-3-5-7-9-11-13-15-17-18-40-44-47-51-55-59-63-67-73(78)72(71-77)76-74(79)68-64-60-56-52-48-45-41-38-36-34-32-30-28-26-24-22-20-19-21-23-25-27-29-31-33-35-37-39-42-46-50-54-58-62-66-70-81-75(80)69-65-61-57-53-49-43-16-14-12-10-8-6-4-2/h8,10,14,16,72-73,77-78H,3-7,9,11-13,15,17-71H2,1-2H3,(H,76,79)/b10-8-,16-14-. The van der Waals surface area contributed by atoms with Gasteiger partial charge in [-0.05, 0) is 51.4 Å². The first-order chi connectivity index (χ1) is 40.0. The van der Waals surface area contributed by atoms with Crippen LogP contribution in [0.25, 0.3) is 0 Å². The molecule has 0 bridgehead atoms. The van der Waals surface area contributed by atoms with Crippen molar-refractivity contribution in [2.24, 2.45) is 0 Å². The van der Waals surface area contributed by atoms with E-state index in [1.807, 2.05) is 0 Å². The summed E-state index contributed by atoms with van der Waals surface area (Å²) in [5.74, 6) is -0.0183. The largest absolute Gasteiger partial charge is 0.466 e. The third-order valence-electron chi connectivity index (χ3n) is 17.5. The molecule has 2 unspecified atom stereocenters. The van der Waals surface area contributed by atoms with E-state index in [0.29, 0.717) is 25.9 Å². The van der Waals surface area contributed by atoms with Gasteiger partial charge >= 0.3 is 5.97 Å². The van der Waals surface area contributed by atoms with Gasteiger partial charge in [0, 0.05) is 12.8 Å². The average Bonchev–Trinajstić information content (AvgIpc) is 3.47. The molecule has 6 heteroatoms. The first-order valence-electron chi connectivity index (χ1n) is 37.1. The highest BCUT2D eigenvalue weighted by molar-refractivity contribution is 5.76. The van der Waals surface area contributed by atoms with Crippen LogP contribution < -0.4 is 5.32 Å². The summed E-state index contributed by atoms with van der Waals surface area (Å²) >= 11 is 0. The lowest BCUT2D eigenvalue weighted by molar-refractivity contribution is -0.143. The fourth-order valence-electron chi connectivity index (χ4n) is 11.9. The van der Waals surface area contributed by atoms with Gasteiger partial charge in [0.05, 0.1) is 25.4 Å². The molecule has 0 rings (SSSR count). The summed E-state index contributed by atoms with van der Waals surface area (Å²) < 4.78 is 5.48. The zero-order valence-electron chi connectivity index (χ0n) is 55.0. The number of aliphatic hydroxyl groups is 2. The molecular weight excluding hydrogens is 995 g/mol. The molecule has 0 spiro atoms. The van der Waals surface area contributed by atoms with Crippen LogP contribution in [0.15, 0.2) is 24.3 Å². The molecule has 0 aromatic rings. The Balaban J connectivity index is 3.30. The summed E-state index contributed by atoms with van der Waals surface area (Å²) in [4.78, 5) is 24.6. The first kappa shape index (κ1) is 79.3. The highest BCUT2D eigenvalue weighted by Crippen LogP contribution is 2.20. The van der Waals surface area contributed by atoms with Gasteiger partial charge in [-0.15, -0.1) is 0 Å². The highest BCUT2D eigenvalue weighted by atomic mass is 16.5. The Bertz CT molecular complexity index is 1270. The van der Waals surface area contributed by atoms with Crippen LogP contribution in [0.2, 0.25) is 0 Å². The van der Waals surface area contributed by atoms with Gasteiger partial charge in [0.25, 0.3) is 0 Å². The van der Waals surface area contributed by atoms with Gasteiger partial charge < -0.3 is 20.3 Å². The SMILES string of the molecule is CCC/C=C\C/C=C\CCCCCCCC(=O)OCCCCCCCCCCCCCCCCCCCCCCCCCCCCCCCCCCCCCC(=O)NC(CO)C(O)CCCCCCCCCCCCCCCCCC. The molecule has 1 amide bonds. The van der Waals surface area contributed by atoms with Crippen molar-refractivity contribution < 1.29 is 24.5 Å². The number of allylic oxidation sites excluding steroid dienone is 4. The van der Waals surface area contributed by atoms with Crippen molar-refractivity contribution in [3.8, 4) is 0 Å². The summed E-state index contributed by atoms with van der Waals surface area (Å²) in [6, 6.07) is -0.537. The van der Waals surface area contributed by atoms with Gasteiger partial charge in [0.1, 0.15) is 0 Å². The molecule has 0 radical (unpaired) electrons. The summed E-state index contributed by atoms with van der Waals surface area (Å²) in [5.41, 5.74) is 0. The molecule has 0 aliphatic heterocycles. The molecule has 0 aliphatic rings. The van der Waals surface area contributed by atoms with Crippen LogP contribution in [0.3, 0.4) is 0 Å². The molecule has 3 N–H and O–H groups in total.